The third-order valence-electron chi connectivity index (χ3n) is 6.01. The standard InChI is InChI=1S/C24H30N8O/c25-20-15-17(1-3-22(20)33-19-5-8-26-9-6-19)21-7-10-28-24(30-21)31-23-4-2-18(16-29-23)32-13-11-27-12-14-32/h1-4,7,10,15-16,19,26-27H,5-6,8-9,11-14,25H2,(H,28,29,30,31). The van der Waals surface area contributed by atoms with Gasteiger partial charge >= 0.3 is 0 Å². The Hall–Kier alpha value is -3.43. The lowest BCUT2D eigenvalue weighted by Crippen LogP contribution is -2.43. The van der Waals surface area contributed by atoms with E-state index in [9.17, 15) is 0 Å². The number of nitrogen functional groups attached to an aromatic ring is 1. The maximum absolute atomic E-state index is 6.30. The van der Waals surface area contributed by atoms with E-state index in [1.165, 1.54) is 0 Å². The van der Waals surface area contributed by atoms with Gasteiger partial charge in [0.2, 0.25) is 5.95 Å². The number of nitrogens with zero attached hydrogens (tertiary/aromatic N) is 4. The lowest BCUT2D eigenvalue weighted by Gasteiger charge is -2.29. The molecule has 0 amide bonds. The van der Waals surface area contributed by atoms with Crippen molar-refractivity contribution in [3.8, 4) is 17.0 Å². The van der Waals surface area contributed by atoms with Crippen LogP contribution in [0.1, 0.15) is 12.8 Å². The normalized spacial score (nSPS) is 17.0. The number of piperidine rings is 1. The summed E-state index contributed by atoms with van der Waals surface area (Å²) in [4.78, 5) is 15.9. The van der Waals surface area contributed by atoms with Crippen LogP contribution in [0.15, 0.2) is 48.8 Å². The second-order valence-electron chi connectivity index (χ2n) is 8.35. The van der Waals surface area contributed by atoms with Crippen molar-refractivity contribution in [2.75, 3.05) is 55.2 Å². The van der Waals surface area contributed by atoms with E-state index in [1.54, 1.807) is 6.20 Å². The highest BCUT2D eigenvalue weighted by Crippen LogP contribution is 2.30. The molecule has 0 spiro atoms. The van der Waals surface area contributed by atoms with Crippen molar-refractivity contribution < 1.29 is 4.74 Å². The van der Waals surface area contributed by atoms with Crippen LogP contribution in [0.2, 0.25) is 0 Å². The molecule has 0 aliphatic carbocycles. The Balaban J connectivity index is 1.26. The number of piperazine rings is 1. The van der Waals surface area contributed by atoms with Gasteiger partial charge in [-0.25, -0.2) is 15.0 Å². The molecule has 33 heavy (non-hydrogen) atoms. The predicted octanol–water partition coefficient (Wildman–Crippen LogP) is 2.40. The number of ether oxygens (including phenoxy) is 1. The van der Waals surface area contributed by atoms with Crippen LogP contribution in [0.3, 0.4) is 0 Å². The third kappa shape index (κ3) is 5.32. The van der Waals surface area contributed by atoms with Gasteiger partial charge in [-0.1, -0.05) is 0 Å². The summed E-state index contributed by atoms with van der Waals surface area (Å²) in [5, 5.41) is 9.91. The lowest BCUT2D eigenvalue weighted by atomic mass is 10.1. The number of hydrogen-bond donors (Lipinski definition) is 4. The molecule has 5 rings (SSSR count). The Labute approximate surface area is 193 Å². The monoisotopic (exact) mass is 446 g/mol. The summed E-state index contributed by atoms with van der Waals surface area (Å²) >= 11 is 0. The van der Waals surface area contributed by atoms with E-state index < -0.39 is 0 Å². The number of hydrogen-bond acceptors (Lipinski definition) is 9. The molecule has 3 aromatic rings. The average molecular weight is 447 g/mol. The van der Waals surface area contributed by atoms with E-state index in [-0.39, 0.29) is 6.10 Å². The summed E-state index contributed by atoms with van der Waals surface area (Å²) in [6.07, 6.45) is 5.81. The van der Waals surface area contributed by atoms with Crippen LogP contribution in [-0.2, 0) is 0 Å². The Kier molecular flexibility index (Phi) is 6.50. The summed E-state index contributed by atoms with van der Waals surface area (Å²) in [6.45, 7) is 5.93. The van der Waals surface area contributed by atoms with Gasteiger partial charge < -0.3 is 31.3 Å². The number of anilines is 4. The lowest BCUT2D eigenvalue weighted by molar-refractivity contribution is 0.163. The topological polar surface area (TPSA) is 113 Å². The summed E-state index contributed by atoms with van der Waals surface area (Å²) in [7, 11) is 0. The molecule has 0 saturated carbocycles. The third-order valence-corrected chi connectivity index (χ3v) is 6.01. The molecule has 172 valence electrons. The van der Waals surface area contributed by atoms with Crippen LogP contribution in [0.25, 0.3) is 11.3 Å². The maximum atomic E-state index is 6.30. The molecular weight excluding hydrogens is 416 g/mol. The minimum Gasteiger partial charge on any atom is -0.488 e. The molecule has 0 bridgehead atoms. The minimum absolute atomic E-state index is 0.208. The van der Waals surface area contributed by atoms with Crippen LogP contribution in [0.4, 0.5) is 23.1 Å². The van der Waals surface area contributed by atoms with Gasteiger partial charge in [0.1, 0.15) is 17.7 Å². The number of pyridine rings is 1. The second-order valence-corrected chi connectivity index (χ2v) is 8.35. The van der Waals surface area contributed by atoms with Gasteiger partial charge in [0, 0.05) is 37.9 Å². The Morgan fingerprint density at radius 3 is 2.55 bits per heavy atom. The van der Waals surface area contributed by atoms with Crippen LogP contribution in [0.5, 0.6) is 5.75 Å². The van der Waals surface area contributed by atoms with E-state index in [2.05, 4.69) is 41.9 Å². The van der Waals surface area contributed by atoms with Crippen LogP contribution >= 0.6 is 0 Å². The molecule has 0 unspecified atom stereocenters. The molecule has 2 saturated heterocycles. The molecule has 2 aliphatic rings. The zero-order chi connectivity index (χ0) is 22.5. The van der Waals surface area contributed by atoms with Crippen LogP contribution in [-0.4, -0.2) is 60.3 Å². The van der Waals surface area contributed by atoms with Crippen molar-refractivity contribution in [1.82, 2.24) is 25.6 Å². The zero-order valence-electron chi connectivity index (χ0n) is 18.6. The molecule has 0 atom stereocenters. The van der Waals surface area contributed by atoms with Gasteiger partial charge in [-0.3, -0.25) is 0 Å². The number of rotatable bonds is 6. The molecule has 9 nitrogen and oxygen atoms in total. The highest BCUT2D eigenvalue weighted by molar-refractivity contribution is 5.69. The number of nitrogens with one attached hydrogen (secondary N) is 3. The summed E-state index contributed by atoms with van der Waals surface area (Å²) in [5.41, 5.74) is 9.73. The molecule has 1 aromatic carbocycles. The van der Waals surface area contributed by atoms with Crippen LogP contribution in [0, 0.1) is 0 Å². The van der Waals surface area contributed by atoms with Gasteiger partial charge in [0.15, 0.2) is 0 Å². The number of benzene rings is 1. The first kappa shape index (κ1) is 21.4. The van der Waals surface area contributed by atoms with E-state index in [0.29, 0.717) is 17.5 Å². The second kappa shape index (κ2) is 10.0. The van der Waals surface area contributed by atoms with Crippen molar-refractivity contribution in [2.24, 2.45) is 0 Å². The SMILES string of the molecule is Nc1cc(-c2ccnc(Nc3ccc(N4CCNCC4)cn3)n2)ccc1OC1CCNCC1. The highest BCUT2D eigenvalue weighted by atomic mass is 16.5. The fraction of sp³-hybridized carbons (Fsp3) is 0.375. The number of nitrogens with two attached hydrogens (primary N) is 1. The molecule has 0 radical (unpaired) electrons. The summed E-state index contributed by atoms with van der Waals surface area (Å²) in [6, 6.07) is 11.7. The highest BCUT2D eigenvalue weighted by Gasteiger charge is 2.16. The summed E-state index contributed by atoms with van der Waals surface area (Å²) < 4.78 is 6.11. The zero-order valence-corrected chi connectivity index (χ0v) is 18.6. The Bertz CT molecular complexity index is 1060. The molecular formula is C24H30N8O. The largest absolute Gasteiger partial charge is 0.488 e. The first-order valence-corrected chi connectivity index (χ1v) is 11.5. The first-order valence-electron chi connectivity index (χ1n) is 11.5. The fourth-order valence-corrected chi connectivity index (χ4v) is 4.17. The molecule has 2 fully saturated rings. The Morgan fingerprint density at radius 1 is 0.970 bits per heavy atom. The predicted molar refractivity (Wildman–Crippen MR) is 131 cm³/mol. The van der Waals surface area contributed by atoms with Gasteiger partial charge in [0.25, 0.3) is 0 Å². The Morgan fingerprint density at radius 2 is 1.79 bits per heavy atom. The smallest absolute Gasteiger partial charge is 0.228 e. The van der Waals surface area contributed by atoms with E-state index >= 15 is 0 Å². The van der Waals surface area contributed by atoms with Crippen molar-refractivity contribution in [3.05, 3.63) is 48.8 Å². The quantitative estimate of drug-likeness (QED) is 0.424. The fourth-order valence-electron chi connectivity index (χ4n) is 4.17. The van der Waals surface area contributed by atoms with Crippen molar-refractivity contribution in [1.29, 1.82) is 0 Å². The van der Waals surface area contributed by atoms with Crippen LogP contribution < -0.4 is 31.3 Å². The molecule has 2 aliphatic heterocycles. The number of aromatic nitrogens is 3. The van der Waals surface area contributed by atoms with Crippen molar-refractivity contribution >= 4 is 23.1 Å². The van der Waals surface area contributed by atoms with Gasteiger partial charge in [-0.15, -0.1) is 0 Å². The van der Waals surface area contributed by atoms with Gasteiger partial charge in [0.05, 0.1) is 23.3 Å². The first-order chi connectivity index (χ1) is 16.2. The molecule has 9 heteroatoms. The van der Waals surface area contributed by atoms with E-state index in [4.69, 9.17) is 10.5 Å². The molecule has 4 heterocycles. The van der Waals surface area contributed by atoms with E-state index in [0.717, 1.165) is 74.8 Å². The maximum Gasteiger partial charge on any atom is 0.228 e. The van der Waals surface area contributed by atoms with Gasteiger partial charge in [-0.05, 0) is 62.3 Å². The summed E-state index contributed by atoms with van der Waals surface area (Å²) in [5.74, 6) is 1.92. The van der Waals surface area contributed by atoms with E-state index in [1.807, 2.05) is 36.5 Å². The van der Waals surface area contributed by atoms with Gasteiger partial charge in [-0.2, -0.15) is 0 Å². The minimum atomic E-state index is 0.208. The molecule has 5 N–H and O–H groups in total. The molecule has 2 aromatic heterocycles. The van der Waals surface area contributed by atoms with Crippen molar-refractivity contribution in [2.45, 2.75) is 18.9 Å². The average Bonchev–Trinajstić information content (AvgIpc) is 2.87. The van der Waals surface area contributed by atoms with Crippen molar-refractivity contribution in [3.63, 3.8) is 0 Å².